The molecule has 1 fully saturated rings. The molecule has 1 saturated heterocycles. The number of likely N-dealkylation sites (N-methyl/N-ethyl adjacent to an activating group) is 1. The van der Waals surface area contributed by atoms with Gasteiger partial charge in [0, 0.05) is 26.2 Å². The van der Waals surface area contributed by atoms with Crippen LogP contribution in [0.2, 0.25) is 0 Å². The van der Waals surface area contributed by atoms with E-state index < -0.39 is 5.60 Å². The van der Waals surface area contributed by atoms with Crippen LogP contribution in [0.5, 0.6) is 0 Å². The minimum Gasteiger partial charge on any atom is -0.444 e. The van der Waals surface area contributed by atoms with Gasteiger partial charge in [-0.25, -0.2) is 9.80 Å². The molecule has 0 bridgehead atoms. The van der Waals surface area contributed by atoms with Crippen LogP contribution in [0.1, 0.15) is 27.2 Å². The second-order valence-corrected chi connectivity index (χ2v) is 5.20. The topological polar surface area (TPSA) is 44.8 Å². The van der Waals surface area contributed by atoms with Crippen LogP contribution in [-0.4, -0.2) is 54.8 Å². The maximum atomic E-state index is 11.8. The van der Waals surface area contributed by atoms with E-state index in [1.807, 2.05) is 39.9 Å². The number of likely N-dealkylation sites (tertiary alicyclic amines) is 1. The number of hydrogen-bond acceptors (Lipinski definition) is 4. The van der Waals surface area contributed by atoms with Crippen LogP contribution in [0.3, 0.4) is 0 Å². The normalized spacial score (nSPS) is 21.6. The van der Waals surface area contributed by atoms with Crippen LogP contribution in [-0.2, 0) is 4.74 Å². The van der Waals surface area contributed by atoms with Crippen molar-refractivity contribution in [2.75, 3.05) is 27.2 Å². The predicted octanol–water partition coefficient (Wildman–Crippen LogP) is 1.06. The van der Waals surface area contributed by atoms with Crippen molar-refractivity contribution in [3.05, 3.63) is 0 Å². The van der Waals surface area contributed by atoms with Gasteiger partial charge in [0.2, 0.25) is 0 Å². The average molecular weight is 229 g/mol. The van der Waals surface area contributed by atoms with Gasteiger partial charge in [0.25, 0.3) is 0 Å². The molecule has 94 valence electrons. The van der Waals surface area contributed by atoms with Crippen LogP contribution in [0.15, 0.2) is 0 Å². The molecule has 5 heteroatoms. The minimum atomic E-state index is -0.413. The standard InChI is InChI=1S/C11H23N3O2/c1-11(2,3)16-10(15)14-7-6-9(8-14)13(5)12-4/h9,12H,6-8H2,1-5H3. The minimum absolute atomic E-state index is 0.209. The SMILES string of the molecule is CNN(C)C1CCN(C(=O)OC(C)(C)C)C1. The van der Waals surface area contributed by atoms with E-state index in [1.54, 1.807) is 4.90 Å². The molecule has 5 nitrogen and oxygen atoms in total. The Bertz CT molecular complexity index is 250. The molecule has 0 aliphatic carbocycles. The highest BCUT2D eigenvalue weighted by Gasteiger charge is 2.31. The second kappa shape index (κ2) is 5.01. The summed E-state index contributed by atoms with van der Waals surface area (Å²) < 4.78 is 5.33. The van der Waals surface area contributed by atoms with Crippen molar-refractivity contribution < 1.29 is 9.53 Å². The van der Waals surface area contributed by atoms with Gasteiger partial charge in [0.15, 0.2) is 0 Å². The molecule has 1 rings (SSSR count). The molecule has 1 N–H and O–H groups in total. The molecule has 16 heavy (non-hydrogen) atoms. The number of hydrazine groups is 1. The summed E-state index contributed by atoms with van der Waals surface area (Å²) in [6.07, 6.45) is 0.774. The third kappa shape index (κ3) is 3.64. The molecule has 0 spiro atoms. The van der Waals surface area contributed by atoms with E-state index in [-0.39, 0.29) is 6.09 Å². The van der Waals surface area contributed by atoms with Gasteiger partial charge in [-0.3, -0.25) is 5.43 Å². The van der Waals surface area contributed by atoms with E-state index in [0.29, 0.717) is 6.04 Å². The molecule has 0 aromatic heterocycles. The Labute approximate surface area is 97.7 Å². The van der Waals surface area contributed by atoms with Gasteiger partial charge >= 0.3 is 6.09 Å². The van der Waals surface area contributed by atoms with Gasteiger partial charge < -0.3 is 9.64 Å². The van der Waals surface area contributed by atoms with E-state index in [2.05, 4.69) is 5.43 Å². The first-order valence-electron chi connectivity index (χ1n) is 5.71. The highest BCUT2D eigenvalue weighted by molar-refractivity contribution is 5.68. The molecular weight excluding hydrogens is 206 g/mol. The predicted molar refractivity (Wildman–Crippen MR) is 63.0 cm³/mol. The largest absolute Gasteiger partial charge is 0.444 e. The van der Waals surface area contributed by atoms with Crippen LogP contribution in [0.25, 0.3) is 0 Å². The molecule has 0 radical (unpaired) electrons. The third-order valence-corrected chi connectivity index (χ3v) is 2.72. The lowest BCUT2D eigenvalue weighted by molar-refractivity contribution is 0.0278. The molecule has 1 amide bonds. The number of carbonyl (C=O) groups excluding carboxylic acids is 1. The number of amides is 1. The van der Waals surface area contributed by atoms with Gasteiger partial charge in [-0.1, -0.05) is 0 Å². The number of nitrogens with one attached hydrogen (secondary N) is 1. The summed E-state index contributed by atoms with van der Waals surface area (Å²) in [7, 11) is 3.87. The van der Waals surface area contributed by atoms with Crippen molar-refractivity contribution >= 4 is 6.09 Å². The summed E-state index contributed by atoms with van der Waals surface area (Å²) in [6.45, 7) is 7.16. The molecule has 1 aliphatic heterocycles. The summed E-state index contributed by atoms with van der Waals surface area (Å²) in [5, 5.41) is 2.03. The number of rotatable bonds is 2. The third-order valence-electron chi connectivity index (χ3n) is 2.72. The molecule has 0 aromatic rings. The highest BCUT2D eigenvalue weighted by Crippen LogP contribution is 2.17. The first-order chi connectivity index (χ1) is 7.33. The molecule has 0 saturated carbocycles. The Balaban J connectivity index is 2.44. The average Bonchev–Trinajstić information content (AvgIpc) is 2.62. The zero-order valence-electron chi connectivity index (χ0n) is 10.9. The Morgan fingerprint density at radius 2 is 2.12 bits per heavy atom. The van der Waals surface area contributed by atoms with Gasteiger partial charge in [-0.05, 0) is 34.2 Å². The molecular formula is C11H23N3O2. The summed E-state index contributed by atoms with van der Waals surface area (Å²) in [6, 6.07) is 0.373. The highest BCUT2D eigenvalue weighted by atomic mass is 16.6. The molecule has 1 unspecified atom stereocenters. The summed E-state index contributed by atoms with van der Waals surface area (Å²) in [4.78, 5) is 13.5. The van der Waals surface area contributed by atoms with Gasteiger partial charge in [-0.15, -0.1) is 0 Å². The van der Waals surface area contributed by atoms with Crippen molar-refractivity contribution in [3.63, 3.8) is 0 Å². The van der Waals surface area contributed by atoms with Gasteiger partial charge in [-0.2, -0.15) is 0 Å². The van der Waals surface area contributed by atoms with E-state index in [0.717, 1.165) is 19.5 Å². The van der Waals surface area contributed by atoms with Gasteiger partial charge in [0.05, 0.1) is 0 Å². The van der Waals surface area contributed by atoms with Crippen molar-refractivity contribution in [2.45, 2.75) is 38.8 Å². The van der Waals surface area contributed by atoms with Crippen LogP contribution in [0, 0.1) is 0 Å². The first kappa shape index (κ1) is 13.3. The van der Waals surface area contributed by atoms with Crippen LogP contribution < -0.4 is 5.43 Å². The Morgan fingerprint density at radius 3 is 2.62 bits per heavy atom. The van der Waals surface area contributed by atoms with Crippen molar-refractivity contribution in [1.82, 2.24) is 15.3 Å². The van der Waals surface area contributed by atoms with Gasteiger partial charge in [0.1, 0.15) is 5.60 Å². The quantitative estimate of drug-likeness (QED) is 0.719. The Hall–Kier alpha value is -0.810. The van der Waals surface area contributed by atoms with E-state index >= 15 is 0 Å². The lowest BCUT2D eigenvalue weighted by Gasteiger charge is -2.26. The van der Waals surface area contributed by atoms with E-state index in [9.17, 15) is 4.79 Å². The van der Waals surface area contributed by atoms with Crippen LogP contribution in [0.4, 0.5) is 4.79 Å². The molecule has 1 aliphatic rings. The number of carbonyl (C=O) groups is 1. The van der Waals surface area contributed by atoms with Crippen molar-refractivity contribution in [3.8, 4) is 0 Å². The second-order valence-electron chi connectivity index (χ2n) is 5.20. The monoisotopic (exact) mass is 229 g/mol. The summed E-state index contributed by atoms with van der Waals surface area (Å²) in [5.41, 5.74) is 2.66. The maximum Gasteiger partial charge on any atom is 0.410 e. The molecule has 0 aromatic carbocycles. The smallest absolute Gasteiger partial charge is 0.410 e. The summed E-state index contributed by atoms with van der Waals surface area (Å²) in [5.74, 6) is 0. The van der Waals surface area contributed by atoms with Crippen molar-refractivity contribution in [2.24, 2.45) is 0 Å². The fourth-order valence-electron chi connectivity index (χ4n) is 1.73. The fourth-order valence-corrected chi connectivity index (χ4v) is 1.73. The zero-order valence-corrected chi connectivity index (χ0v) is 10.9. The molecule has 1 atom stereocenters. The first-order valence-corrected chi connectivity index (χ1v) is 5.71. The number of nitrogens with zero attached hydrogens (tertiary/aromatic N) is 2. The van der Waals surface area contributed by atoms with E-state index in [4.69, 9.17) is 4.74 Å². The van der Waals surface area contributed by atoms with Crippen LogP contribution >= 0.6 is 0 Å². The number of ether oxygens (including phenoxy) is 1. The Kier molecular flexibility index (Phi) is 4.15. The van der Waals surface area contributed by atoms with Crippen molar-refractivity contribution in [1.29, 1.82) is 0 Å². The molecule has 1 heterocycles. The lowest BCUT2D eigenvalue weighted by Crippen LogP contribution is -2.43. The Morgan fingerprint density at radius 1 is 1.50 bits per heavy atom. The lowest BCUT2D eigenvalue weighted by atomic mass is 10.2. The van der Waals surface area contributed by atoms with E-state index in [1.165, 1.54) is 0 Å². The zero-order chi connectivity index (χ0) is 12.3. The summed E-state index contributed by atoms with van der Waals surface area (Å²) >= 11 is 0. The fraction of sp³-hybridized carbons (Fsp3) is 0.909. The maximum absolute atomic E-state index is 11.8. The number of hydrogen-bond donors (Lipinski definition) is 1.